The van der Waals surface area contributed by atoms with Crippen molar-refractivity contribution in [2.75, 3.05) is 31.1 Å². The number of aryl methyl sites for hydroxylation is 2. The second-order valence-electron chi connectivity index (χ2n) is 8.74. The molecule has 5 rings (SSSR count). The SMILES string of the molecule is Cc1ccc(Cl)cc1N1CCN(C(=O)c2ccc3c(=O)n4c(nc3c2)CCCCC4)CC1. The second kappa shape index (κ2) is 8.58. The van der Waals surface area contributed by atoms with E-state index in [0.717, 1.165) is 61.9 Å². The first kappa shape index (κ1) is 21.0. The Morgan fingerprint density at radius 1 is 0.969 bits per heavy atom. The molecule has 0 aliphatic carbocycles. The first-order valence-corrected chi connectivity index (χ1v) is 11.7. The summed E-state index contributed by atoms with van der Waals surface area (Å²) in [5.74, 6) is 0.835. The van der Waals surface area contributed by atoms with Gasteiger partial charge in [-0.3, -0.25) is 14.2 Å². The molecule has 0 N–H and O–H groups in total. The smallest absolute Gasteiger partial charge is 0.261 e. The predicted molar refractivity (Wildman–Crippen MR) is 128 cm³/mol. The van der Waals surface area contributed by atoms with E-state index in [1.54, 1.807) is 18.2 Å². The van der Waals surface area contributed by atoms with Gasteiger partial charge in [-0.15, -0.1) is 0 Å². The highest BCUT2D eigenvalue weighted by molar-refractivity contribution is 6.30. The zero-order chi connectivity index (χ0) is 22.2. The van der Waals surface area contributed by atoms with Gasteiger partial charge in [0.05, 0.1) is 10.9 Å². The number of aromatic nitrogens is 2. The van der Waals surface area contributed by atoms with Crippen molar-refractivity contribution in [2.45, 2.75) is 39.2 Å². The molecule has 1 amide bonds. The van der Waals surface area contributed by atoms with Gasteiger partial charge in [0.2, 0.25) is 0 Å². The maximum absolute atomic E-state index is 13.2. The van der Waals surface area contributed by atoms with Gasteiger partial charge < -0.3 is 9.80 Å². The van der Waals surface area contributed by atoms with Crippen molar-refractivity contribution in [3.8, 4) is 0 Å². The first-order valence-electron chi connectivity index (χ1n) is 11.3. The van der Waals surface area contributed by atoms with Gasteiger partial charge in [-0.2, -0.15) is 0 Å². The number of piperazine rings is 1. The molecule has 0 atom stereocenters. The Morgan fingerprint density at radius 3 is 2.59 bits per heavy atom. The molecule has 2 aliphatic rings. The molecule has 1 saturated heterocycles. The van der Waals surface area contributed by atoms with Crippen molar-refractivity contribution in [3.63, 3.8) is 0 Å². The normalized spacial score (nSPS) is 16.7. The van der Waals surface area contributed by atoms with Gasteiger partial charge in [0.25, 0.3) is 11.5 Å². The van der Waals surface area contributed by atoms with Crippen molar-refractivity contribution < 1.29 is 4.79 Å². The van der Waals surface area contributed by atoms with Crippen LogP contribution in [-0.4, -0.2) is 46.5 Å². The van der Waals surface area contributed by atoms with E-state index in [2.05, 4.69) is 11.8 Å². The zero-order valence-corrected chi connectivity index (χ0v) is 19.1. The van der Waals surface area contributed by atoms with Crippen LogP contribution in [0.15, 0.2) is 41.2 Å². The number of rotatable bonds is 2. The Hall–Kier alpha value is -2.86. The molecule has 166 valence electrons. The van der Waals surface area contributed by atoms with E-state index in [4.69, 9.17) is 16.6 Å². The topological polar surface area (TPSA) is 58.4 Å². The van der Waals surface area contributed by atoms with Crippen LogP contribution in [0.2, 0.25) is 5.02 Å². The van der Waals surface area contributed by atoms with Crippen LogP contribution in [0.1, 0.15) is 41.0 Å². The lowest BCUT2D eigenvalue weighted by atomic mass is 10.1. The van der Waals surface area contributed by atoms with E-state index >= 15 is 0 Å². The molecule has 0 bridgehead atoms. The summed E-state index contributed by atoms with van der Waals surface area (Å²) in [7, 11) is 0. The van der Waals surface area contributed by atoms with Crippen LogP contribution in [0.3, 0.4) is 0 Å². The number of fused-ring (bicyclic) bond motifs is 2. The summed E-state index contributed by atoms with van der Waals surface area (Å²) >= 11 is 6.19. The van der Waals surface area contributed by atoms with Crippen LogP contribution in [0.4, 0.5) is 5.69 Å². The quantitative estimate of drug-likeness (QED) is 0.591. The summed E-state index contributed by atoms with van der Waals surface area (Å²) in [5.41, 5.74) is 3.54. The molecule has 0 saturated carbocycles. The minimum Gasteiger partial charge on any atom is -0.368 e. The van der Waals surface area contributed by atoms with Gasteiger partial charge >= 0.3 is 0 Å². The molecule has 0 spiro atoms. The Kier molecular flexibility index (Phi) is 5.64. The molecule has 2 aromatic carbocycles. The fraction of sp³-hybridized carbons (Fsp3) is 0.400. The van der Waals surface area contributed by atoms with E-state index < -0.39 is 0 Å². The largest absolute Gasteiger partial charge is 0.368 e. The molecule has 1 fully saturated rings. The van der Waals surface area contributed by atoms with Crippen LogP contribution in [0.25, 0.3) is 10.9 Å². The van der Waals surface area contributed by atoms with Crippen molar-refractivity contribution in [2.24, 2.45) is 0 Å². The van der Waals surface area contributed by atoms with E-state index in [9.17, 15) is 9.59 Å². The Balaban J connectivity index is 1.36. The lowest BCUT2D eigenvalue weighted by Gasteiger charge is -2.37. The summed E-state index contributed by atoms with van der Waals surface area (Å²) < 4.78 is 1.81. The molecule has 6 nitrogen and oxygen atoms in total. The number of hydrogen-bond acceptors (Lipinski definition) is 4. The van der Waals surface area contributed by atoms with Gasteiger partial charge in [-0.1, -0.05) is 24.1 Å². The number of halogens is 1. The lowest BCUT2D eigenvalue weighted by molar-refractivity contribution is 0.0747. The van der Waals surface area contributed by atoms with Gasteiger partial charge in [0.1, 0.15) is 5.82 Å². The highest BCUT2D eigenvalue weighted by Crippen LogP contribution is 2.26. The van der Waals surface area contributed by atoms with Crippen molar-refractivity contribution in [3.05, 3.63) is 68.7 Å². The average molecular weight is 451 g/mol. The van der Waals surface area contributed by atoms with Crippen LogP contribution in [-0.2, 0) is 13.0 Å². The van der Waals surface area contributed by atoms with Crippen LogP contribution in [0, 0.1) is 6.92 Å². The predicted octanol–water partition coefficient (Wildman–Crippen LogP) is 4.05. The number of nitrogens with zero attached hydrogens (tertiary/aromatic N) is 4. The highest BCUT2D eigenvalue weighted by Gasteiger charge is 2.24. The molecule has 7 heteroatoms. The molecule has 1 aromatic heterocycles. The van der Waals surface area contributed by atoms with Crippen molar-refractivity contribution in [1.29, 1.82) is 0 Å². The summed E-state index contributed by atoms with van der Waals surface area (Å²) in [6.07, 6.45) is 3.99. The number of hydrogen-bond donors (Lipinski definition) is 0. The molecule has 32 heavy (non-hydrogen) atoms. The Bertz CT molecular complexity index is 1240. The maximum atomic E-state index is 13.2. The van der Waals surface area contributed by atoms with Crippen molar-refractivity contribution in [1.82, 2.24) is 14.5 Å². The van der Waals surface area contributed by atoms with Gasteiger partial charge in [-0.25, -0.2) is 4.98 Å². The Labute approximate surface area is 192 Å². The van der Waals surface area contributed by atoms with Crippen LogP contribution < -0.4 is 10.5 Å². The van der Waals surface area contributed by atoms with Crippen molar-refractivity contribution >= 4 is 34.1 Å². The molecular weight excluding hydrogens is 424 g/mol. The summed E-state index contributed by atoms with van der Waals surface area (Å²) in [5, 5.41) is 1.31. The molecule has 0 radical (unpaired) electrons. The van der Waals surface area contributed by atoms with Crippen LogP contribution >= 0.6 is 11.6 Å². The summed E-state index contributed by atoms with van der Waals surface area (Å²) in [4.78, 5) is 35.1. The average Bonchev–Trinajstić information content (AvgIpc) is 3.06. The second-order valence-corrected chi connectivity index (χ2v) is 9.17. The monoisotopic (exact) mass is 450 g/mol. The third kappa shape index (κ3) is 3.88. The third-order valence-corrected chi connectivity index (χ3v) is 6.88. The number of anilines is 1. The Morgan fingerprint density at radius 2 is 1.78 bits per heavy atom. The molecule has 3 aromatic rings. The van der Waals surface area contributed by atoms with E-state index in [1.165, 1.54) is 5.56 Å². The first-order chi connectivity index (χ1) is 15.5. The summed E-state index contributed by atoms with van der Waals surface area (Å²) in [6.45, 7) is 5.61. The molecular formula is C25H27ClN4O2. The molecule has 0 unspecified atom stereocenters. The number of benzene rings is 2. The van der Waals surface area contributed by atoms with Gasteiger partial charge in [0.15, 0.2) is 0 Å². The number of amides is 1. The minimum absolute atomic E-state index is 0.00814. The third-order valence-electron chi connectivity index (χ3n) is 6.64. The molecule has 2 aliphatic heterocycles. The standard InChI is InChI=1S/C25H27ClN4O2/c1-17-6-8-19(26)16-22(17)28-11-13-29(14-12-28)24(31)18-7-9-20-21(15-18)27-23-5-3-2-4-10-30(23)25(20)32/h6-9,15-16H,2-5,10-14H2,1H3. The minimum atomic E-state index is -0.00814. The molecule has 3 heterocycles. The van der Waals surface area contributed by atoms with E-state index in [1.807, 2.05) is 27.7 Å². The van der Waals surface area contributed by atoms with E-state index in [-0.39, 0.29) is 11.5 Å². The number of carbonyl (C=O) groups excluding carboxylic acids is 1. The highest BCUT2D eigenvalue weighted by atomic mass is 35.5. The van der Waals surface area contributed by atoms with Gasteiger partial charge in [0, 0.05) is 55.4 Å². The van der Waals surface area contributed by atoms with Gasteiger partial charge in [-0.05, 0) is 55.7 Å². The zero-order valence-electron chi connectivity index (χ0n) is 18.3. The van der Waals surface area contributed by atoms with Crippen LogP contribution in [0.5, 0.6) is 0 Å². The van der Waals surface area contributed by atoms with E-state index in [0.29, 0.717) is 29.6 Å². The fourth-order valence-electron chi connectivity index (χ4n) is 4.81. The fourth-order valence-corrected chi connectivity index (χ4v) is 4.97. The lowest BCUT2D eigenvalue weighted by Crippen LogP contribution is -2.49. The summed E-state index contributed by atoms with van der Waals surface area (Å²) in [6, 6.07) is 11.2. The maximum Gasteiger partial charge on any atom is 0.261 e. The number of carbonyl (C=O) groups is 1.